The molecule has 0 saturated carbocycles. The third kappa shape index (κ3) is 1.80. The lowest BCUT2D eigenvalue weighted by molar-refractivity contribution is -0.125. The minimum absolute atomic E-state index is 0.140. The number of hydrogen-bond acceptors (Lipinski definition) is 6. The number of nitriles is 3. The molecule has 3 aliphatic rings. The first-order valence-corrected chi connectivity index (χ1v) is 9.08. The normalized spacial score (nSPS) is 27.7. The van der Waals surface area contributed by atoms with Gasteiger partial charge < -0.3 is 11.1 Å². The zero-order chi connectivity index (χ0) is 20.1. The number of benzene rings is 1. The Bertz CT molecular complexity index is 1070. The van der Waals surface area contributed by atoms with Gasteiger partial charge in [0, 0.05) is 24.7 Å². The summed E-state index contributed by atoms with van der Waals surface area (Å²) >= 11 is 0. The monoisotopic (exact) mass is 370 g/mol. The SMILES string of the molecule is CCN1CC=C2C(C#N)=C(N)C(C#N)(C#N)[C@]3(C(=O)Nc4ccccc43)[C@@H]2C1. The summed E-state index contributed by atoms with van der Waals surface area (Å²) in [6, 6.07) is 13.3. The minimum Gasteiger partial charge on any atom is -0.399 e. The lowest BCUT2D eigenvalue weighted by Crippen LogP contribution is -2.62. The average molecular weight is 370 g/mol. The number of carbonyl (C=O) groups is 1. The molecule has 0 unspecified atom stereocenters. The summed E-state index contributed by atoms with van der Waals surface area (Å²) in [5, 5.41) is 33.0. The Hall–Kier alpha value is -3.60. The van der Waals surface area contributed by atoms with Crippen molar-refractivity contribution in [1.29, 1.82) is 15.8 Å². The van der Waals surface area contributed by atoms with Crippen LogP contribution in [0.2, 0.25) is 0 Å². The summed E-state index contributed by atoms with van der Waals surface area (Å²) < 4.78 is 0. The number of nitrogens with zero attached hydrogens (tertiary/aromatic N) is 4. The Morgan fingerprint density at radius 1 is 1.29 bits per heavy atom. The Kier molecular flexibility index (Phi) is 3.79. The van der Waals surface area contributed by atoms with Crippen LogP contribution >= 0.6 is 0 Å². The molecule has 0 saturated heterocycles. The first-order valence-electron chi connectivity index (χ1n) is 9.08. The highest BCUT2D eigenvalue weighted by atomic mass is 16.2. The fourth-order valence-electron chi connectivity index (χ4n) is 4.97. The molecule has 3 N–H and O–H groups in total. The molecule has 7 heteroatoms. The van der Waals surface area contributed by atoms with Crippen LogP contribution in [0.25, 0.3) is 0 Å². The molecular weight excluding hydrogens is 352 g/mol. The molecule has 1 aromatic rings. The smallest absolute Gasteiger partial charge is 0.238 e. The molecule has 28 heavy (non-hydrogen) atoms. The van der Waals surface area contributed by atoms with Gasteiger partial charge in [-0.2, -0.15) is 15.8 Å². The zero-order valence-electron chi connectivity index (χ0n) is 15.4. The standard InChI is InChI=1S/C21H18N6O/c1-2-27-8-7-13-14(9-22)18(25)20(11-23,12-24)21(16(13)10-27)15-5-3-4-6-17(15)26-19(21)28/h3-7,16H,2,8,10,25H2,1H3,(H,26,28)/t16-,21+/m1/s1. The number of para-hydroxylation sites is 1. The van der Waals surface area contributed by atoms with Crippen LogP contribution in [0.4, 0.5) is 5.69 Å². The van der Waals surface area contributed by atoms with E-state index in [9.17, 15) is 20.6 Å². The summed E-state index contributed by atoms with van der Waals surface area (Å²) in [7, 11) is 0. The second-order valence-electron chi connectivity index (χ2n) is 7.25. The molecule has 0 fully saturated rings. The maximum atomic E-state index is 13.5. The Balaban J connectivity index is 2.17. The van der Waals surface area contributed by atoms with Gasteiger partial charge in [-0.15, -0.1) is 0 Å². The van der Waals surface area contributed by atoms with Crippen LogP contribution in [0, 0.1) is 45.3 Å². The van der Waals surface area contributed by atoms with Crippen LogP contribution in [0.15, 0.2) is 47.2 Å². The highest BCUT2D eigenvalue weighted by molar-refractivity contribution is 6.09. The highest BCUT2D eigenvalue weighted by Gasteiger charge is 2.71. The maximum Gasteiger partial charge on any atom is 0.238 e. The molecule has 1 spiro atoms. The Labute approximate surface area is 162 Å². The molecule has 2 aliphatic heterocycles. The number of hydrogen-bond donors (Lipinski definition) is 2. The molecule has 0 aromatic heterocycles. The number of fused-ring (bicyclic) bond motifs is 4. The van der Waals surface area contributed by atoms with E-state index in [1.165, 1.54) is 0 Å². The van der Waals surface area contributed by atoms with Crippen LogP contribution in [-0.4, -0.2) is 30.4 Å². The predicted molar refractivity (Wildman–Crippen MR) is 101 cm³/mol. The van der Waals surface area contributed by atoms with Crippen molar-refractivity contribution in [1.82, 2.24) is 4.90 Å². The number of carbonyl (C=O) groups excluding carboxylic acids is 1. The van der Waals surface area contributed by atoms with Crippen LogP contribution in [0.1, 0.15) is 12.5 Å². The molecule has 7 nitrogen and oxygen atoms in total. The molecule has 4 rings (SSSR count). The number of rotatable bonds is 1. The summed E-state index contributed by atoms with van der Waals surface area (Å²) in [4.78, 5) is 15.6. The van der Waals surface area contributed by atoms with E-state index in [1.807, 2.05) is 25.1 Å². The fourth-order valence-corrected chi connectivity index (χ4v) is 4.97. The molecule has 2 atom stereocenters. The van der Waals surface area contributed by atoms with Gasteiger partial charge in [0.05, 0.1) is 23.4 Å². The number of nitrogens with two attached hydrogens (primary N) is 1. The van der Waals surface area contributed by atoms with E-state index in [4.69, 9.17) is 5.73 Å². The predicted octanol–water partition coefficient (Wildman–Crippen LogP) is 1.54. The van der Waals surface area contributed by atoms with Crippen molar-refractivity contribution in [3.63, 3.8) is 0 Å². The van der Waals surface area contributed by atoms with Crippen molar-refractivity contribution >= 4 is 11.6 Å². The van der Waals surface area contributed by atoms with E-state index in [-0.39, 0.29) is 11.3 Å². The van der Waals surface area contributed by atoms with Crippen LogP contribution in [0.3, 0.4) is 0 Å². The van der Waals surface area contributed by atoms with Crippen molar-refractivity contribution in [3.05, 3.63) is 52.7 Å². The van der Waals surface area contributed by atoms with Crippen LogP contribution < -0.4 is 11.1 Å². The lowest BCUT2D eigenvalue weighted by Gasteiger charge is -2.50. The third-order valence-electron chi connectivity index (χ3n) is 6.31. The minimum atomic E-state index is -1.98. The van der Waals surface area contributed by atoms with E-state index >= 15 is 0 Å². The average Bonchev–Trinajstić information content (AvgIpc) is 3.02. The number of nitrogens with one attached hydrogen (secondary N) is 1. The lowest BCUT2D eigenvalue weighted by atomic mass is 9.48. The number of likely N-dealkylation sites (N-methyl/N-ethyl adjacent to an activating group) is 1. The largest absolute Gasteiger partial charge is 0.399 e. The molecule has 0 radical (unpaired) electrons. The van der Waals surface area contributed by atoms with Gasteiger partial charge in [0.1, 0.15) is 11.5 Å². The zero-order valence-corrected chi connectivity index (χ0v) is 15.4. The molecular formula is C21H18N6O. The molecule has 0 bridgehead atoms. The van der Waals surface area contributed by atoms with Crippen molar-refractivity contribution in [2.45, 2.75) is 12.3 Å². The highest BCUT2D eigenvalue weighted by Crippen LogP contribution is 2.62. The van der Waals surface area contributed by atoms with Gasteiger partial charge in [-0.1, -0.05) is 31.2 Å². The second-order valence-corrected chi connectivity index (χ2v) is 7.25. The maximum absolute atomic E-state index is 13.5. The van der Waals surface area contributed by atoms with Gasteiger partial charge >= 0.3 is 0 Å². The van der Waals surface area contributed by atoms with Crippen molar-refractivity contribution in [2.24, 2.45) is 17.1 Å². The summed E-state index contributed by atoms with van der Waals surface area (Å²) in [6.45, 7) is 3.82. The summed E-state index contributed by atoms with van der Waals surface area (Å²) in [5.41, 5.74) is 4.63. The van der Waals surface area contributed by atoms with E-state index in [1.54, 1.807) is 24.3 Å². The first-order chi connectivity index (χ1) is 13.5. The third-order valence-corrected chi connectivity index (χ3v) is 6.31. The van der Waals surface area contributed by atoms with E-state index in [2.05, 4.69) is 16.3 Å². The van der Waals surface area contributed by atoms with Gasteiger partial charge in [0.2, 0.25) is 11.3 Å². The molecule has 138 valence electrons. The fraction of sp³-hybridized carbons (Fsp3) is 0.333. The molecule has 2 heterocycles. The van der Waals surface area contributed by atoms with Crippen LogP contribution in [0.5, 0.6) is 0 Å². The molecule has 1 aromatic carbocycles. The number of allylic oxidation sites excluding steroid dienone is 2. The Morgan fingerprint density at radius 2 is 2.00 bits per heavy atom. The van der Waals surface area contributed by atoms with E-state index < -0.39 is 22.7 Å². The number of amides is 1. The molecule has 1 aliphatic carbocycles. The van der Waals surface area contributed by atoms with Gasteiger partial charge in [-0.3, -0.25) is 9.69 Å². The summed E-state index contributed by atoms with van der Waals surface area (Å²) in [5.74, 6) is -0.961. The van der Waals surface area contributed by atoms with Crippen molar-refractivity contribution in [2.75, 3.05) is 25.0 Å². The van der Waals surface area contributed by atoms with Gasteiger partial charge in [0.15, 0.2) is 0 Å². The van der Waals surface area contributed by atoms with Crippen LogP contribution in [-0.2, 0) is 10.2 Å². The van der Waals surface area contributed by atoms with Crippen molar-refractivity contribution in [3.8, 4) is 18.2 Å². The number of anilines is 1. The van der Waals surface area contributed by atoms with Gasteiger partial charge in [-0.25, -0.2) is 0 Å². The van der Waals surface area contributed by atoms with Gasteiger partial charge in [0.25, 0.3) is 0 Å². The van der Waals surface area contributed by atoms with E-state index in [0.717, 1.165) is 6.54 Å². The topological polar surface area (TPSA) is 130 Å². The van der Waals surface area contributed by atoms with E-state index in [0.29, 0.717) is 29.9 Å². The molecule has 1 amide bonds. The quantitative estimate of drug-likeness (QED) is 0.771. The van der Waals surface area contributed by atoms with Crippen molar-refractivity contribution < 1.29 is 4.79 Å². The second kappa shape index (κ2) is 5.96. The van der Waals surface area contributed by atoms with Gasteiger partial charge in [-0.05, 0) is 23.7 Å². The summed E-state index contributed by atoms with van der Waals surface area (Å²) in [6.07, 6.45) is 1.90. The first kappa shape index (κ1) is 17.8. The Morgan fingerprint density at radius 3 is 2.64 bits per heavy atom.